The molecule has 0 spiro atoms. The largest absolute Gasteiger partial charge is 0.370 e. The molecule has 1 amide bonds. The van der Waals surface area contributed by atoms with Crippen LogP contribution in [0.5, 0.6) is 0 Å². The van der Waals surface area contributed by atoms with E-state index in [0.717, 1.165) is 13.1 Å². The van der Waals surface area contributed by atoms with Gasteiger partial charge in [-0.2, -0.15) is 0 Å². The van der Waals surface area contributed by atoms with Crippen LogP contribution in [-0.2, 0) is 4.79 Å². The molecule has 1 saturated heterocycles. The Morgan fingerprint density at radius 3 is 3.00 bits per heavy atom. The third kappa shape index (κ3) is 4.51. The van der Waals surface area contributed by atoms with Gasteiger partial charge in [0, 0.05) is 26.6 Å². The van der Waals surface area contributed by atoms with Gasteiger partial charge >= 0.3 is 0 Å². The molecule has 5 nitrogen and oxygen atoms in total. The second-order valence-corrected chi connectivity index (χ2v) is 4.42. The zero-order valence-electron chi connectivity index (χ0n) is 10.2. The molecule has 0 radical (unpaired) electrons. The van der Waals surface area contributed by atoms with Gasteiger partial charge in [0.2, 0.25) is 5.91 Å². The molecule has 16 heavy (non-hydrogen) atoms. The van der Waals surface area contributed by atoms with E-state index in [-0.39, 0.29) is 5.91 Å². The van der Waals surface area contributed by atoms with Gasteiger partial charge in [0.15, 0.2) is 5.96 Å². The van der Waals surface area contributed by atoms with Gasteiger partial charge < -0.3 is 16.0 Å². The predicted octanol–water partition coefficient (Wildman–Crippen LogP) is 0.169. The normalized spacial score (nSPS) is 22.0. The molecule has 0 aromatic carbocycles. The van der Waals surface area contributed by atoms with Crippen molar-refractivity contribution in [3.8, 4) is 0 Å². The number of carbonyl (C=O) groups is 1. The third-order valence-corrected chi connectivity index (χ3v) is 2.74. The number of carbonyl (C=O) groups excluding carboxylic acids is 1. The highest BCUT2D eigenvalue weighted by molar-refractivity contribution is 5.78. The molecule has 1 rings (SSSR count). The van der Waals surface area contributed by atoms with E-state index < -0.39 is 0 Å². The number of hydrogen-bond donors (Lipinski definition) is 2. The first-order valence-corrected chi connectivity index (χ1v) is 5.89. The summed E-state index contributed by atoms with van der Waals surface area (Å²) >= 11 is 0. The summed E-state index contributed by atoms with van der Waals surface area (Å²) in [6.07, 6.45) is 2.46. The molecule has 5 heteroatoms. The minimum Gasteiger partial charge on any atom is -0.370 e. The molecule has 1 aliphatic rings. The fourth-order valence-corrected chi connectivity index (χ4v) is 1.90. The predicted molar refractivity (Wildman–Crippen MR) is 65.1 cm³/mol. The Morgan fingerprint density at radius 1 is 1.62 bits per heavy atom. The molecule has 1 atom stereocenters. The van der Waals surface area contributed by atoms with Gasteiger partial charge in [-0.15, -0.1) is 0 Å². The van der Waals surface area contributed by atoms with Crippen molar-refractivity contribution in [3.63, 3.8) is 0 Å². The van der Waals surface area contributed by atoms with Crippen molar-refractivity contribution in [3.05, 3.63) is 0 Å². The molecule has 0 saturated carbocycles. The third-order valence-electron chi connectivity index (χ3n) is 2.74. The minimum atomic E-state index is -0.0274. The Labute approximate surface area is 97.1 Å². The number of guanidine groups is 1. The van der Waals surface area contributed by atoms with Crippen LogP contribution < -0.4 is 11.1 Å². The molecule has 1 aliphatic heterocycles. The Kier molecular flexibility index (Phi) is 5.08. The summed E-state index contributed by atoms with van der Waals surface area (Å²) in [6.45, 7) is 6.83. The maximum Gasteiger partial charge on any atom is 0.216 e. The highest BCUT2D eigenvalue weighted by atomic mass is 16.1. The van der Waals surface area contributed by atoms with Gasteiger partial charge in [-0.05, 0) is 18.8 Å². The van der Waals surface area contributed by atoms with Crippen molar-refractivity contribution >= 4 is 11.9 Å². The van der Waals surface area contributed by atoms with Crippen LogP contribution in [0.1, 0.15) is 26.7 Å². The van der Waals surface area contributed by atoms with E-state index in [1.54, 1.807) is 0 Å². The first-order valence-electron chi connectivity index (χ1n) is 5.89. The van der Waals surface area contributed by atoms with Crippen LogP contribution in [0.15, 0.2) is 4.99 Å². The number of aliphatic imine (C=N–C) groups is 1. The van der Waals surface area contributed by atoms with Crippen molar-refractivity contribution in [2.24, 2.45) is 16.6 Å². The maximum atomic E-state index is 10.6. The van der Waals surface area contributed by atoms with Crippen molar-refractivity contribution in [1.29, 1.82) is 0 Å². The number of hydrogen-bond acceptors (Lipinski definition) is 2. The topological polar surface area (TPSA) is 70.7 Å². The van der Waals surface area contributed by atoms with E-state index in [0.29, 0.717) is 25.0 Å². The van der Waals surface area contributed by atoms with Gasteiger partial charge in [0.05, 0.1) is 6.54 Å². The number of likely N-dealkylation sites (tertiary alicyclic amines) is 1. The lowest BCUT2D eigenvalue weighted by molar-refractivity contribution is -0.118. The van der Waals surface area contributed by atoms with E-state index in [2.05, 4.69) is 22.1 Å². The summed E-state index contributed by atoms with van der Waals surface area (Å²) in [7, 11) is 0. The molecule has 0 aliphatic carbocycles. The van der Waals surface area contributed by atoms with E-state index >= 15 is 0 Å². The van der Waals surface area contributed by atoms with E-state index in [1.807, 2.05) is 0 Å². The van der Waals surface area contributed by atoms with Gasteiger partial charge in [-0.3, -0.25) is 9.79 Å². The Hall–Kier alpha value is -1.26. The molecule has 3 N–H and O–H groups in total. The summed E-state index contributed by atoms with van der Waals surface area (Å²) in [6, 6.07) is 0. The van der Waals surface area contributed by atoms with E-state index in [9.17, 15) is 4.79 Å². The summed E-state index contributed by atoms with van der Waals surface area (Å²) in [5, 5.41) is 2.69. The Bertz CT molecular complexity index is 265. The summed E-state index contributed by atoms with van der Waals surface area (Å²) < 4.78 is 0. The quantitative estimate of drug-likeness (QED) is 0.409. The Morgan fingerprint density at radius 2 is 2.38 bits per heavy atom. The van der Waals surface area contributed by atoms with Gasteiger partial charge in [0.25, 0.3) is 0 Å². The van der Waals surface area contributed by atoms with E-state index in [1.165, 1.54) is 19.8 Å². The smallest absolute Gasteiger partial charge is 0.216 e. The summed E-state index contributed by atoms with van der Waals surface area (Å²) in [4.78, 5) is 17.0. The molecular formula is C11H22N4O. The summed E-state index contributed by atoms with van der Waals surface area (Å²) in [5.74, 6) is 1.27. The van der Waals surface area contributed by atoms with Crippen LogP contribution in [-0.4, -0.2) is 42.9 Å². The van der Waals surface area contributed by atoms with Crippen LogP contribution in [0.4, 0.5) is 0 Å². The molecule has 0 aromatic heterocycles. The number of piperidine rings is 1. The van der Waals surface area contributed by atoms with Gasteiger partial charge in [0.1, 0.15) is 0 Å². The first kappa shape index (κ1) is 12.8. The van der Waals surface area contributed by atoms with Crippen LogP contribution in [0.2, 0.25) is 0 Å². The standard InChI is InChI=1S/C11H22N4O/c1-9-4-3-7-15(8-9)11(12)14-6-5-13-10(2)16/h9H,3-8H2,1-2H3,(H2,12,14)(H,13,16). The second-order valence-electron chi connectivity index (χ2n) is 4.42. The average molecular weight is 226 g/mol. The van der Waals surface area contributed by atoms with Crippen LogP contribution in [0.3, 0.4) is 0 Å². The van der Waals surface area contributed by atoms with Gasteiger partial charge in [-0.25, -0.2) is 0 Å². The van der Waals surface area contributed by atoms with Crippen molar-refractivity contribution < 1.29 is 4.79 Å². The summed E-state index contributed by atoms with van der Waals surface area (Å²) in [5.41, 5.74) is 5.89. The molecule has 1 fully saturated rings. The SMILES string of the molecule is CC(=O)NCCN=C(N)N1CCCC(C)C1. The van der Waals surface area contributed by atoms with Crippen molar-refractivity contribution in [2.75, 3.05) is 26.2 Å². The highest BCUT2D eigenvalue weighted by Gasteiger charge is 2.17. The molecule has 1 heterocycles. The monoisotopic (exact) mass is 226 g/mol. The van der Waals surface area contributed by atoms with Gasteiger partial charge in [-0.1, -0.05) is 6.92 Å². The fourth-order valence-electron chi connectivity index (χ4n) is 1.90. The zero-order valence-corrected chi connectivity index (χ0v) is 10.2. The minimum absolute atomic E-state index is 0.0274. The molecule has 92 valence electrons. The zero-order chi connectivity index (χ0) is 12.0. The second kappa shape index (κ2) is 6.35. The molecular weight excluding hydrogens is 204 g/mol. The van der Waals surface area contributed by atoms with Crippen LogP contribution in [0, 0.1) is 5.92 Å². The Balaban J connectivity index is 2.29. The van der Waals surface area contributed by atoms with Crippen molar-refractivity contribution in [1.82, 2.24) is 10.2 Å². The first-order chi connectivity index (χ1) is 7.59. The number of nitrogens with zero attached hydrogens (tertiary/aromatic N) is 2. The highest BCUT2D eigenvalue weighted by Crippen LogP contribution is 2.14. The van der Waals surface area contributed by atoms with Crippen LogP contribution in [0.25, 0.3) is 0 Å². The molecule has 1 unspecified atom stereocenters. The van der Waals surface area contributed by atoms with Crippen molar-refractivity contribution in [2.45, 2.75) is 26.7 Å². The average Bonchev–Trinajstić information content (AvgIpc) is 2.24. The lowest BCUT2D eigenvalue weighted by atomic mass is 10.0. The lowest BCUT2D eigenvalue weighted by Gasteiger charge is -2.31. The number of rotatable bonds is 3. The lowest BCUT2D eigenvalue weighted by Crippen LogP contribution is -2.43. The number of amides is 1. The molecule has 0 bridgehead atoms. The van der Waals surface area contributed by atoms with E-state index in [4.69, 9.17) is 5.73 Å². The number of nitrogens with two attached hydrogens (primary N) is 1. The maximum absolute atomic E-state index is 10.6. The van der Waals surface area contributed by atoms with Crippen LogP contribution >= 0.6 is 0 Å². The molecule has 0 aromatic rings. The number of nitrogens with one attached hydrogen (secondary N) is 1. The fraction of sp³-hybridized carbons (Fsp3) is 0.818.